The number of fused-ring (bicyclic) bond motifs is 3. The van der Waals surface area contributed by atoms with E-state index in [2.05, 4.69) is 142 Å². The Morgan fingerprint density at radius 1 is 0.582 bits per heavy atom. The van der Waals surface area contributed by atoms with Crippen LogP contribution >= 0.6 is 0 Å². The summed E-state index contributed by atoms with van der Waals surface area (Å²) in [5.41, 5.74) is 14.6. The Bertz CT molecular complexity index is 1970. The van der Waals surface area contributed by atoms with Gasteiger partial charge in [0.15, 0.2) is 6.29 Å². The van der Waals surface area contributed by atoms with E-state index in [1.807, 2.05) is 0 Å². The Kier molecular flexibility index (Phi) is 13.1. The molecule has 0 spiro atoms. The lowest BCUT2D eigenvalue weighted by molar-refractivity contribution is 0.0466. The van der Waals surface area contributed by atoms with Crippen molar-refractivity contribution >= 4 is 17.1 Å². The summed E-state index contributed by atoms with van der Waals surface area (Å²) in [7, 11) is 0. The summed E-state index contributed by atoms with van der Waals surface area (Å²) in [5.74, 6) is 0.875. The molecule has 5 aromatic rings. The van der Waals surface area contributed by atoms with Crippen molar-refractivity contribution < 1.29 is 14.2 Å². The van der Waals surface area contributed by atoms with Gasteiger partial charge in [-0.15, -0.1) is 0 Å². The lowest BCUT2D eigenvalue weighted by Gasteiger charge is -2.33. The van der Waals surface area contributed by atoms with Crippen molar-refractivity contribution in [1.82, 2.24) is 0 Å². The molecule has 0 N–H and O–H groups in total. The molecule has 4 heteroatoms. The van der Waals surface area contributed by atoms with Crippen LogP contribution in [0.5, 0.6) is 5.75 Å². The van der Waals surface area contributed by atoms with E-state index in [0.717, 1.165) is 42.3 Å². The maximum absolute atomic E-state index is 6.23. The van der Waals surface area contributed by atoms with Gasteiger partial charge in [0.05, 0.1) is 6.61 Å². The smallest absolute Gasteiger partial charge is 0.181 e. The lowest BCUT2D eigenvalue weighted by atomic mass is 9.70. The molecule has 0 aromatic heterocycles. The average molecular weight is 736 g/mol. The Labute approximate surface area is 330 Å². The third-order valence-electron chi connectivity index (χ3n) is 11.7. The van der Waals surface area contributed by atoms with Gasteiger partial charge in [0.25, 0.3) is 0 Å². The third kappa shape index (κ3) is 9.36. The molecule has 2 aliphatic rings. The van der Waals surface area contributed by atoms with Gasteiger partial charge in [-0.1, -0.05) is 137 Å². The summed E-state index contributed by atoms with van der Waals surface area (Å²) < 4.78 is 17.0. The summed E-state index contributed by atoms with van der Waals surface area (Å²) >= 11 is 0. The molecule has 5 aromatic carbocycles. The fourth-order valence-electron chi connectivity index (χ4n) is 8.56. The van der Waals surface area contributed by atoms with Crippen LogP contribution in [-0.2, 0) is 14.9 Å². The van der Waals surface area contributed by atoms with Crippen LogP contribution < -0.4 is 9.64 Å². The van der Waals surface area contributed by atoms with Crippen LogP contribution in [0.2, 0.25) is 0 Å². The van der Waals surface area contributed by atoms with Crippen molar-refractivity contribution in [2.45, 2.75) is 116 Å². The highest BCUT2D eigenvalue weighted by molar-refractivity contribution is 5.85. The van der Waals surface area contributed by atoms with Crippen LogP contribution in [0.15, 0.2) is 109 Å². The number of ether oxygens (including phenoxy) is 3. The van der Waals surface area contributed by atoms with Gasteiger partial charge in [-0.2, -0.15) is 0 Å². The van der Waals surface area contributed by atoms with Crippen molar-refractivity contribution in [3.8, 4) is 28.0 Å². The molecule has 55 heavy (non-hydrogen) atoms. The largest absolute Gasteiger partial charge is 0.494 e. The molecular formula is C51H61NO3. The van der Waals surface area contributed by atoms with Gasteiger partial charge in [0, 0.05) is 35.2 Å². The predicted molar refractivity (Wildman–Crippen MR) is 230 cm³/mol. The van der Waals surface area contributed by atoms with E-state index >= 15 is 0 Å². The third-order valence-corrected chi connectivity index (χ3v) is 11.7. The highest BCUT2D eigenvalue weighted by atomic mass is 16.8. The minimum Gasteiger partial charge on any atom is -0.494 e. The van der Waals surface area contributed by atoms with E-state index in [-0.39, 0.29) is 11.7 Å². The normalized spacial score (nSPS) is 15.1. The quantitative estimate of drug-likeness (QED) is 0.0555. The summed E-state index contributed by atoms with van der Waals surface area (Å²) in [6.07, 6.45) is 14.7. The number of unbranched alkanes of at least 4 members (excludes halogenated alkanes) is 7. The number of anilines is 3. The molecule has 1 atom stereocenters. The standard InChI is InChI=1S/C51H61NO3/c1-5-7-9-11-30-51(31-12-10-8-6-2)48-34-39(4)20-28-46(48)47-29-23-41(35-49(47)51)40-21-26-43(27-22-40)52(42-24-18-38(3)19-25-42)44-16-15-17-45(36-44)53-32-13-14-33-54-50-37-55-50/h15-29,34-36,50H,5-14,30-33,37H2,1-4H3. The first-order valence-electron chi connectivity index (χ1n) is 21.2. The van der Waals surface area contributed by atoms with Crippen molar-refractivity contribution in [2.75, 3.05) is 24.7 Å². The number of aryl methyl sites for hydroxylation is 2. The van der Waals surface area contributed by atoms with E-state index in [0.29, 0.717) is 13.2 Å². The van der Waals surface area contributed by atoms with Crippen molar-refractivity contribution in [1.29, 1.82) is 0 Å². The zero-order valence-corrected chi connectivity index (χ0v) is 33.7. The van der Waals surface area contributed by atoms with Gasteiger partial charge < -0.3 is 19.1 Å². The van der Waals surface area contributed by atoms with E-state index in [1.54, 1.807) is 11.1 Å². The van der Waals surface area contributed by atoms with Gasteiger partial charge in [-0.25, -0.2) is 0 Å². The van der Waals surface area contributed by atoms with Crippen molar-refractivity contribution in [2.24, 2.45) is 0 Å². The first-order valence-corrected chi connectivity index (χ1v) is 21.2. The van der Waals surface area contributed by atoms with Crippen LogP contribution in [0, 0.1) is 13.8 Å². The Hall–Kier alpha value is -4.38. The number of nitrogens with zero attached hydrogens (tertiary/aromatic N) is 1. The highest BCUT2D eigenvalue weighted by Gasteiger charge is 2.42. The fraction of sp³-hybridized carbons (Fsp3) is 0.412. The maximum atomic E-state index is 6.23. The molecule has 1 saturated heterocycles. The molecule has 1 aliphatic carbocycles. The van der Waals surface area contributed by atoms with Crippen molar-refractivity contribution in [3.05, 3.63) is 131 Å². The minimum atomic E-state index is 0.0183. The monoisotopic (exact) mass is 735 g/mol. The number of benzene rings is 5. The van der Waals surface area contributed by atoms with E-state index in [1.165, 1.54) is 97.6 Å². The second kappa shape index (κ2) is 18.5. The van der Waals surface area contributed by atoms with Crippen LogP contribution in [0.4, 0.5) is 17.1 Å². The molecule has 0 radical (unpaired) electrons. The van der Waals surface area contributed by atoms with Crippen LogP contribution in [0.25, 0.3) is 22.3 Å². The first-order chi connectivity index (χ1) is 27.0. The number of hydrogen-bond donors (Lipinski definition) is 0. The Balaban J connectivity index is 1.17. The van der Waals surface area contributed by atoms with Crippen LogP contribution in [0.1, 0.15) is 113 Å². The topological polar surface area (TPSA) is 34.2 Å². The lowest BCUT2D eigenvalue weighted by Crippen LogP contribution is -2.25. The van der Waals surface area contributed by atoms with E-state index in [4.69, 9.17) is 14.2 Å². The minimum absolute atomic E-state index is 0.0183. The summed E-state index contributed by atoms with van der Waals surface area (Å²) in [6.45, 7) is 11.1. The van der Waals surface area contributed by atoms with E-state index < -0.39 is 0 Å². The Morgan fingerprint density at radius 3 is 1.85 bits per heavy atom. The second-order valence-electron chi connectivity index (χ2n) is 15.9. The number of epoxide rings is 1. The predicted octanol–water partition coefficient (Wildman–Crippen LogP) is 14.2. The van der Waals surface area contributed by atoms with Crippen molar-refractivity contribution in [3.63, 3.8) is 0 Å². The molecule has 7 rings (SSSR count). The van der Waals surface area contributed by atoms with Gasteiger partial charge in [-0.05, 0) is 115 Å². The van der Waals surface area contributed by atoms with Gasteiger partial charge in [0.1, 0.15) is 12.4 Å². The molecule has 0 amide bonds. The summed E-state index contributed by atoms with van der Waals surface area (Å²) in [4.78, 5) is 2.33. The zero-order chi connectivity index (χ0) is 38.0. The number of hydrogen-bond acceptors (Lipinski definition) is 4. The second-order valence-corrected chi connectivity index (χ2v) is 15.9. The van der Waals surface area contributed by atoms with Gasteiger partial charge in [0.2, 0.25) is 0 Å². The molecule has 0 saturated carbocycles. The zero-order valence-electron chi connectivity index (χ0n) is 33.7. The number of rotatable bonds is 21. The van der Waals surface area contributed by atoms with E-state index in [9.17, 15) is 0 Å². The van der Waals surface area contributed by atoms with Gasteiger partial charge >= 0.3 is 0 Å². The fourth-order valence-corrected chi connectivity index (χ4v) is 8.56. The van der Waals surface area contributed by atoms with Crippen LogP contribution in [-0.4, -0.2) is 26.1 Å². The summed E-state index contributed by atoms with van der Waals surface area (Å²) in [6, 6.07) is 41.0. The molecule has 1 unspecified atom stereocenters. The Morgan fingerprint density at radius 2 is 1.18 bits per heavy atom. The first kappa shape index (κ1) is 38.9. The molecule has 1 aliphatic heterocycles. The highest BCUT2D eigenvalue weighted by Crippen LogP contribution is 2.55. The average Bonchev–Trinajstić information content (AvgIpc) is 4.00. The van der Waals surface area contributed by atoms with Gasteiger partial charge in [-0.3, -0.25) is 0 Å². The molecule has 1 heterocycles. The molecular weight excluding hydrogens is 675 g/mol. The molecule has 1 fully saturated rings. The van der Waals surface area contributed by atoms with Crippen LogP contribution in [0.3, 0.4) is 0 Å². The molecule has 288 valence electrons. The maximum Gasteiger partial charge on any atom is 0.181 e. The molecule has 4 nitrogen and oxygen atoms in total. The SMILES string of the molecule is CCCCCCC1(CCCCCC)c2cc(C)ccc2-c2ccc(-c3ccc(N(c4ccc(C)cc4)c4cccc(OCCCCOC5CO5)c4)cc3)cc21. The summed E-state index contributed by atoms with van der Waals surface area (Å²) in [5, 5.41) is 0. The molecule has 0 bridgehead atoms.